The van der Waals surface area contributed by atoms with Crippen LogP contribution in [0.15, 0.2) is 18.2 Å². The van der Waals surface area contributed by atoms with Crippen molar-refractivity contribution in [3.8, 4) is 0 Å². The summed E-state index contributed by atoms with van der Waals surface area (Å²) >= 11 is 0. The van der Waals surface area contributed by atoms with Gasteiger partial charge in [0.05, 0.1) is 6.04 Å². The van der Waals surface area contributed by atoms with Gasteiger partial charge in [-0.1, -0.05) is 0 Å². The molecule has 22 heavy (non-hydrogen) atoms. The lowest BCUT2D eigenvalue weighted by Gasteiger charge is -2.12. The highest BCUT2D eigenvalue weighted by atomic mass is 19.1. The Balaban J connectivity index is 1.88. The number of hydrogen-bond donors (Lipinski definition) is 2. The lowest BCUT2D eigenvalue weighted by atomic mass is 10.0. The number of nitrogens with zero attached hydrogens (tertiary/aromatic N) is 3. The van der Waals surface area contributed by atoms with Gasteiger partial charge in [0.1, 0.15) is 23.6 Å². The predicted octanol–water partition coefficient (Wildman–Crippen LogP) is 1.41. The number of aliphatic hydroxyl groups is 1. The number of aryl methyl sites for hydroxylation is 1. The fourth-order valence-electron chi connectivity index (χ4n) is 2.51. The summed E-state index contributed by atoms with van der Waals surface area (Å²) in [5.74, 6) is -1.21. The number of aromatic nitrogens is 3. The van der Waals surface area contributed by atoms with Gasteiger partial charge in [0.2, 0.25) is 5.95 Å². The van der Waals surface area contributed by atoms with Gasteiger partial charge >= 0.3 is 0 Å². The smallest absolute Gasteiger partial charge is 0.255 e. The average molecular weight is 308 g/mol. The number of hydrogen-bond acceptors (Lipinski definition) is 4. The van der Waals surface area contributed by atoms with Gasteiger partial charge in [0.15, 0.2) is 0 Å². The van der Waals surface area contributed by atoms with Crippen LogP contribution in [0.1, 0.15) is 30.8 Å². The van der Waals surface area contributed by atoms with Crippen molar-refractivity contribution >= 4 is 11.9 Å². The molecule has 3 rings (SSSR count). The lowest BCUT2D eigenvalue weighted by Crippen LogP contribution is -2.25. The Morgan fingerprint density at radius 3 is 2.73 bits per heavy atom. The molecule has 1 amide bonds. The number of anilines is 1. The van der Waals surface area contributed by atoms with Gasteiger partial charge in [0.25, 0.3) is 5.91 Å². The van der Waals surface area contributed by atoms with Crippen LogP contribution in [0.4, 0.5) is 14.7 Å². The number of carbonyl (C=O) groups is 1. The molecule has 1 aromatic heterocycles. The SMILES string of the molecule is CC(O)C(=O)Nc1nc2n(n1)C(c1cc(F)cc(F)c1)CC2. The molecule has 1 aromatic carbocycles. The van der Waals surface area contributed by atoms with E-state index in [1.165, 1.54) is 19.1 Å². The van der Waals surface area contributed by atoms with Crippen LogP contribution in [0.5, 0.6) is 0 Å². The van der Waals surface area contributed by atoms with Crippen LogP contribution >= 0.6 is 0 Å². The van der Waals surface area contributed by atoms with Gasteiger partial charge in [-0.3, -0.25) is 10.1 Å². The number of nitrogens with one attached hydrogen (secondary N) is 1. The van der Waals surface area contributed by atoms with Crippen molar-refractivity contribution in [3.05, 3.63) is 41.2 Å². The molecule has 0 aliphatic carbocycles. The molecule has 0 saturated carbocycles. The van der Waals surface area contributed by atoms with Crippen molar-refractivity contribution in [1.29, 1.82) is 0 Å². The highest BCUT2D eigenvalue weighted by Crippen LogP contribution is 2.31. The Morgan fingerprint density at radius 2 is 2.09 bits per heavy atom. The van der Waals surface area contributed by atoms with Gasteiger partial charge in [0, 0.05) is 12.5 Å². The van der Waals surface area contributed by atoms with E-state index in [4.69, 9.17) is 5.11 Å². The predicted molar refractivity (Wildman–Crippen MR) is 73.2 cm³/mol. The second kappa shape index (κ2) is 5.45. The van der Waals surface area contributed by atoms with E-state index in [0.717, 1.165) is 6.07 Å². The van der Waals surface area contributed by atoms with Gasteiger partial charge in [-0.2, -0.15) is 4.98 Å². The van der Waals surface area contributed by atoms with Crippen LogP contribution in [0, 0.1) is 11.6 Å². The van der Waals surface area contributed by atoms with Crippen molar-refractivity contribution in [3.63, 3.8) is 0 Å². The van der Waals surface area contributed by atoms with Crippen molar-refractivity contribution in [2.75, 3.05) is 5.32 Å². The normalized spacial score (nSPS) is 18.1. The molecular weight excluding hydrogens is 294 g/mol. The number of amides is 1. The Labute approximate surface area is 124 Å². The lowest BCUT2D eigenvalue weighted by molar-refractivity contribution is -0.123. The average Bonchev–Trinajstić information content (AvgIpc) is 2.96. The molecule has 8 heteroatoms. The second-order valence-electron chi connectivity index (χ2n) is 5.22. The first-order valence-corrected chi connectivity index (χ1v) is 6.84. The summed E-state index contributed by atoms with van der Waals surface area (Å²) in [5.41, 5.74) is 0.467. The van der Waals surface area contributed by atoms with Crippen LogP contribution in [0.2, 0.25) is 0 Å². The summed E-state index contributed by atoms with van der Waals surface area (Å²) in [6, 6.07) is 3.01. The summed E-state index contributed by atoms with van der Waals surface area (Å²) in [6.45, 7) is 1.33. The zero-order valence-corrected chi connectivity index (χ0v) is 11.8. The van der Waals surface area contributed by atoms with E-state index in [1.807, 2.05) is 0 Å². The first-order valence-electron chi connectivity index (χ1n) is 6.84. The third-order valence-corrected chi connectivity index (χ3v) is 3.52. The van der Waals surface area contributed by atoms with Crippen molar-refractivity contribution < 1.29 is 18.7 Å². The van der Waals surface area contributed by atoms with Crippen LogP contribution in [0.25, 0.3) is 0 Å². The highest BCUT2D eigenvalue weighted by molar-refractivity contribution is 5.92. The van der Waals surface area contributed by atoms with E-state index in [-0.39, 0.29) is 12.0 Å². The first kappa shape index (κ1) is 14.6. The van der Waals surface area contributed by atoms with Crippen molar-refractivity contribution in [1.82, 2.24) is 14.8 Å². The summed E-state index contributed by atoms with van der Waals surface area (Å²) in [4.78, 5) is 15.6. The van der Waals surface area contributed by atoms with Crippen molar-refractivity contribution in [2.24, 2.45) is 0 Å². The molecule has 2 N–H and O–H groups in total. The van der Waals surface area contributed by atoms with Crippen LogP contribution in [-0.2, 0) is 11.2 Å². The summed E-state index contributed by atoms with van der Waals surface area (Å²) < 4.78 is 28.3. The third-order valence-electron chi connectivity index (χ3n) is 3.52. The minimum Gasteiger partial charge on any atom is -0.384 e. The zero-order valence-electron chi connectivity index (χ0n) is 11.8. The van der Waals surface area contributed by atoms with E-state index in [9.17, 15) is 13.6 Å². The molecule has 1 aliphatic heterocycles. The molecule has 2 atom stereocenters. The van der Waals surface area contributed by atoms with E-state index in [0.29, 0.717) is 24.2 Å². The molecule has 0 fully saturated rings. The van der Waals surface area contributed by atoms with Crippen LogP contribution < -0.4 is 5.32 Å². The number of fused-ring (bicyclic) bond motifs is 1. The topological polar surface area (TPSA) is 80.0 Å². The molecule has 2 heterocycles. The van der Waals surface area contributed by atoms with Crippen LogP contribution in [-0.4, -0.2) is 31.9 Å². The zero-order chi connectivity index (χ0) is 15.9. The maximum atomic E-state index is 13.4. The second-order valence-corrected chi connectivity index (χ2v) is 5.22. The standard InChI is InChI=1S/C14H14F2N4O2/c1-7(21)13(22)18-14-17-12-3-2-11(20(12)19-14)8-4-9(15)6-10(16)5-8/h4-7,11,21H,2-3H2,1H3,(H,18,19,22). The Hall–Kier alpha value is -2.35. The summed E-state index contributed by atoms with van der Waals surface area (Å²) in [7, 11) is 0. The Morgan fingerprint density at radius 1 is 1.41 bits per heavy atom. The third kappa shape index (κ3) is 2.69. The van der Waals surface area contributed by atoms with Gasteiger partial charge in [-0.05, 0) is 31.0 Å². The minimum absolute atomic E-state index is 0.0717. The van der Waals surface area contributed by atoms with E-state index >= 15 is 0 Å². The van der Waals surface area contributed by atoms with E-state index < -0.39 is 23.6 Å². The number of rotatable bonds is 3. The van der Waals surface area contributed by atoms with Gasteiger partial charge < -0.3 is 5.11 Å². The van der Waals surface area contributed by atoms with Crippen molar-refractivity contribution in [2.45, 2.75) is 31.9 Å². The molecule has 0 spiro atoms. The molecule has 0 radical (unpaired) electrons. The molecule has 2 aromatic rings. The van der Waals surface area contributed by atoms with Gasteiger partial charge in [-0.25, -0.2) is 13.5 Å². The highest BCUT2D eigenvalue weighted by Gasteiger charge is 2.28. The van der Waals surface area contributed by atoms with Gasteiger partial charge in [-0.15, -0.1) is 5.10 Å². The molecular formula is C14H14F2N4O2. The molecule has 116 valence electrons. The summed E-state index contributed by atoms with van der Waals surface area (Å²) in [5, 5.41) is 15.7. The quantitative estimate of drug-likeness (QED) is 0.898. The maximum Gasteiger partial charge on any atom is 0.255 e. The number of carbonyl (C=O) groups excluding carboxylic acids is 1. The molecule has 0 bridgehead atoms. The van der Waals surface area contributed by atoms with Crippen LogP contribution in [0.3, 0.4) is 0 Å². The minimum atomic E-state index is -1.17. The number of benzene rings is 1. The fraction of sp³-hybridized carbons (Fsp3) is 0.357. The Bertz CT molecular complexity index is 709. The van der Waals surface area contributed by atoms with E-state index in [1.54, 1.807) is 4.68 Å². The largest absolute Gasteiger partial charge is 0.384 e. The summed E-state index contributed by atoms with van der Waals surface area (Å²) in [6.07, 6.45) is 0.0369. The van der Waals surface area contributed by atoms with E-state index in [2.05, 4.69) is 15.4 Å². The molecule has 6 nitrogen and oxygen atoms in total. The monoisotopic (exact) mass is 308 g/mol. The molecule has 1 aliphatic rings. The molecule has 2 unspecified atom stereocenters. The fourth-order valence-corrected chi connectivity index (χ4v) is 2.51. The first-order chi connectivity index (χ1) is 10.4. The molecule has 0 saturated heterocycles. The maximum absolute atomic E-state index is 13.4. The number of halogens is 2. The number of aliphatic hydroxyl groups excluding tert-OH is 1. The Kier molecular flexibility index (Phi) is 3.61.